The van der Waals surface area contributed by atoms with Crippen molar-refractivity contribution in [2.75, 3.05) is 7.05 Å². The molecule has 2 aromatic rings. The minimum absolute atomic E-state index is 0.229. The highest BCUT2D eigenvalue weighted by atomic mass is 35.5. The van der Waals surface area contributed by atoms with Crippen LogP contribution in [0.15, 0.2) is 42.5 Å². The third-order valence-corrected chi connectivity index (χ3v) is 4.42. The van der Waals surface area contributed by atoms with Gasteiger partial charge in [0.15, 0.2) is 0 Å². The van der Waals surface area contributed by atoms with E-state index in [1.165, 1.54) is 0 Å². The third-order valence-electron chi connectivity index (χ3n) is 3.34. The number of hydrogen-bond donors (Lipinski definition) is 1. The maximum atomic E-state index is 6.23. The third kappa shape index (κ3) is 3.89. The van der Waals surface area contributed by atoms with Crippen molar-refractivity contribution in [3.05, 3.63) is 68.7 Å². The molecule has 1 N–H and O–H groups in total. The molecule has 0 spiro atoms. The van der Waals surface area contributed by atoms with E-state index in [1.54, 1.807) is 0 Å². The van der Waals surface area contributed by atoms with Gasteiger partial charge in [0.05, 0.1) is 0 Å². The van der Waals surface area contributed by atoms with Gasteiger partial charge in [-0.1, -0.05) is 59.1 Å². The Hall–Kier alpha value is -0.730. The summed E-state index contributed by atoms with van der Waals surface area (Å²) in [6.45, 7) is 0. The molecule has 0 amide bonds. The first-order valence-electron chi connectivity index (χ1n) is 6.45. The summed E-state index contributed by atoms with van der Waals surface area (Å²) in [7, 11) is 1.94. The standard InChI is InChI=1S/C16H16Cl3N/c1-20-12(9-11-5-2-3-6-14(11)17)10-13-15(18)7-4-8-16(13)19/h2-8,12,20H,9-10H2,1H3. The summed E-state index contributed by atoms with van der Waals surface area (Å²) in [5.74, 6) is 0. The zero-order valence-electron chi connectivity index (χ0n) is 11.2. The molecule has 0 saturated carbocycles. The molecular formula is C16H16Cl3N. The molecule has 2 rings (SSSR count). The van der Waals surface area contributed by atoms with Gasteiger partial charge in [0, 0.05) is 21.1 Å². The normalized spacial score (nSPS) is 12.4. The van der Waals surface area contributed by atoms with Crippen LogP contribution in [0.1, 0.15) is 11.1 Å². The summed E-state index contributed by atoms with van der Waals surface area (Å²) in [5, 5.41) is 5.51. The van der Waals surface area contributed by atoms with Crippen LogP contribution in [0.25, 0.3) is 0 Å². The number of nitrogens with one attached hydrogen (secondary N) is 1. The molecule has 0 aliphatic heterocycles. The van der Waals surface area contributed by atoms with Crippen LogP contribution in [0.5, 0.6) is 0 Å². The van der Waals surface area contributed by atoms with Gasteiger partial charge in [0.1, 0.15) is 0 Å². The zero-order chi connectivity index (χ0) is 14.5. The van der Waals surface area contributed by atoms with E-state index in [0.717, 1.165) is 29.0 Å². The van der Waals surface area contributed by atoms with Crippen molar-refractivity contribution in [2.45, 2.75) is 18.9 Å². The lowest BCUT2D eigenvalue weighted by atomic mass is 9.99. The van der Waals surface area contributed by atoms with Crippen molar-refractivity contribution in [1.82, 2.24) is 5.32 Å². The van der Waals surface area contributed by atoms with Crippen LogP contribution in [-0.2, 0) is 12.8 Å². The topological polar surface area (TPSA) is 12.0 Å². The predicted molar refractivity (Wildman–Crippen MR) is 88.2 cm³/mol. The minimum atomic E-state index is 0.229. The van der Waals surface area contributed by atoms with Gasteiger partial charge in [0.2, 0.25) is 0 Å². The van der Waals surface area contributed by atoms with Crippen LogP contribution < -0.4 is 5.32 Å². The van der Waals surface area contributed by atoms with Crippen LogP contribution in [0.3, 0.4) is 0 Å². The second-order valence-electron chi connectivity index (χ2n) is 4.69. The average molecular weight is 329 g/mol. The summed E-state index contributed by atoms with van der Waals surface area (Å²) < 4.78 is 0. The quantitative estimate of drug-likeness (QED) is 0.812. The van der Waals surface area contributed by atoms with Crippen LogP contribution in [0.4, 0.5) is 0 Å². The Labute approximate surface area is 134 Å². The Morgan fingerprint density at radius 3 is 2.05 bits per heavy atom. The molecule has 0 saturated heterocycles. The van der Waals surface area contributed by atoms with Gasteiger partial charge >= 0.3 is 0 Å². The average Bonchev–Trinajstić information content (AvgIpc) is 2.44. The van der Waals surface area contributed by atoms with Crippen LogP contribution >= 0.6 is 34.8 Å². The highest BCUT2D eigenvalue weighted by molar-refractivity contribution is 6.36. The number of benzene rings is 2. The number of halogens is 3. The molecule has 1 unspecified atom stereocenters. The Morgan fingerprint density at radius 2 is 1.45 bits per heavy atom. The molecule has 4 heteroatoms. The summed E-state index contributed by atoms with van der Waals surface area (Å²) in [6, 6.07) is 13.7. The molecular weight excluding hydrogens is 313 g/mol. The van der Waals surface area contributed by atoms with E-state index in [2.05, 4.69) is 5.32 Å². The van der Waals surface area contributed by atoms with Gasteiger partial charge in [0.25, 0.3) is 0 Å². The van der Waals surface area contributed by atoms with Gasteiger partial charge < -0.3 is 5.32 Å². The van der Waals surface area contributed by atoms with Crippen LogP contribution in [0.2, 0.25) is 15.1 Å². The molecule has 0 aromatic heterocycles. The lowest BCUT2D eigenvalue weighted by Crippen LogP contribution is -2.30. The van der Waals surface area contributed by atoms with Crippen molar-refractivity contribution >= 4 is 34.8 Å². The fourth-order valence-corrected chi connectivity index (χ4v) is 2.94. The van der Waals surface area contributed by atoms with Gasteiger partial charge in [-0.3, -0.25) is 0 Å². The first-order chi connectivity index (χ1) is 9.61. The Kier molecular flexibility index (Phi) is 5.74. The van der Waals surface area contributed by atoms with Gasteiger partial charge in [-0.2, -0.15) is 0 Å². The summed E-state index contributed by atoms with van der Waals surface area (Å²) in [6.07, 6.45) is 1.60. The maximum absolute atomic E-state index is 6.23. The molecule has 0 aliphatic carbocycles. The molecule has 0 bridgehead atoms. The molecule has 0 fully saturated rings. The predicted octanol–water partition coefficient (Wildman–Crippen LogP) is 5.02. The molecule has 1 atom stereocenters. The van der Waals surface area contributed by atoms with Gasteiger partial charge in [-0.05, 0) is 49.2 Å². The fraction of sp³-hybridized carbons (Fsp3) is 0.250. The van der Waals surface area contributed by atoms with E-state index in [4.69, 9.17) is 34.8 Å². The highest BCUT2D eigenvalue weighted by Gasteiger charge is 2.14. The van der Waals surface area contributed by atoms with Crippen molar-refractivity contribution in [1.29, 1.82) is 0 Å². The van der Waals surface area contributed by atoms with Gasteiger partial charge in [-0.15, -0.1) is 0 Å². The Morgan fingerprint density at radius 1 is 0.850 bits per heavy atom. The minimum Gasteiger partial charge on any atom is -0.316 e. The van der Waals surface area contributed by atoms with E-state index in [0.29, 0.717) is 10.0 Å². The summed E-state index contributed by atoms with van der Waals surface area (Å²) in [5.41, 5.74) is 2.10. The molecule has 2 aromatic carbocycles. The van der Waals surface area contributed by atoms with Crippen LogP contribution in [0, 0.1) is 0 Å². The lowest BCUT2D eigenvalue weighted by molar-refractivity contribution is 0.556. The van der Waals surface area contributed by atoms with E-state index in [1.807, 2.05) is 49.5 Å². The first kappa shape index (κ1) is 15.7. The summed E-state index contributed by atoms with van der Waals surface area (Å²) in [4.78, 5) is 0. The van der Waals surface area contributed by atoms with E-state index >= 15 is 0 Å². The van der Waals surface area contributed by atoms with Crippen molar-refractivity contribution in [3.8, 4) is 0 Å². The Bertz CT molecular complexity index is 563. The SMILES string of the molecule is CNC(Cc1ccccc1Cl)Cc1c(Cl)cccc1Cl. The van der Waals surface area contributed by atoms with E-state index < -0.39 is 0 Å². The smallest absolute Gasteiger partial charge is 0.0453 e. The van der Waals surface area contributed by atoms with Crippen molar-refractivity contribution < 1.29 is 0 Å². The maximum Gasteiger partial charge on any atom is 0.0453 e. The number of likely N-dealkylation sites (N-methyl/N-ethyl adjacent to an activating group) is 1. The summed E-state index contributed by atoms with van der Waals surface area (Å²) >= 11 is 18.7. The zero-order valence-corrected chi connectivity index (χ0v) is 13.4. The van der Waals surface area contributed by atoms with Gasteiger partial charge in [-0.25, -0.2) is 0 Å². The Balaban J connectivity index is 2.16. The molecule has 106 valence electrons. The van der Waals surface area contributed by atoms with Crippen molar-refractivity contribution in [2.24, 2.45) is 0 Å². The number of rotatable bonds is 5. The lowest BCUT2D eigenvalue weighted by Gasteiger charge is -2.18. The van der Waals surface area contributed by atoms with Crippen molar-refractivity contribution in [3.63, 3.8) is 0 Å². The van der Waals surface area contributed by atoms with E-state index in [9.17, 15) is 0 Å². The van der Waals surface area contributed by atoms with E-state index in [-0.39, 0.29) is 6.04 Å². The molecule has 20 heavy (non-hydrogen) atoms. The first-order valence-corrected chi connectivity index (χ1v) is 7.58. The highest BCUT2D eigenvalue weighted by Crippen LogP contribution is 2.26. The fourth-order valence-electron chi connectivity index (χ4n) is 2.18. The molecule has 0 heterocycles. The van der Waals surface area contributed by atoms with Crippen LogP contribution in [-0.4, -0.2) is 13.1 Å². The molecule has 1 nitrogen and oxygen atoms in total. The largest absolute Gasteiger partial charge is 0.316 e. The molecule has 0 radical (unpaired) electrons. The second-order valence-corrected chi connectivity index (χ2v) is 5.91. The molecule has 0 aliphatic rings. The number of hydrogen-bond acceptors (Lipinski definition) is 1. The monoisotopic (exact) mass is 327 g/mol. The second kappa shape index (κ2) is 7.33.